The molecule has 3 rings (SSSR count). The maximum absolute atomic E-state index is 9.57. The fraction of sp³-hybridized carbons (Fsp3) is 0.538. The smallest absolute Gasteiger partial charge is 0.161 e. The molecule has 0 unspecified atom stereocenters. The molecule has 96 valence electrons. The molecule has 18 heavy (non-hydrogen) atoms. The molecule has 1 N–H and O–H groups in total. The van der Waals surface area contributed by atoms with Gasteiger partial charge < -0.3 is 10.0 Å². The second-order valence-corrected chi connectivity index (χ2v) is 4.88. The Bertz CT molecular complexity index is 543. The van der Waals surface area contributed by atoms with Gasteiger partial charge in [-0.25, -0.2) is 0 Å². The number of piperidine rings is 1. The summed E-state index contributed by atoms with van der Waals surface area (Å²) in [5.41, 5.74) is 0.806. The predicted octanol–water partition coefficient (Wildman–Crippen LogP) is 1.63. The van der Waals surface area contributed by atoms with Crippen molar-refractivity contribution in [2.45, 2.75) is 25.7 Å². The van der Waals surface area contributed by atoms with E-state index in [0.717, 1.165) is 43.9 Å². The van der Waals surface area contributed by atoms with Gasteiger partial charge in [0, 0.05) is 5.92 Å². The van der Waals surface area contributed by atoms with Crippen LogP contribution in [0.25, 0.3) is 5.65 Å². The monoisotopic (exact) mass is 246 g/mol. The van der Waals surface area contributed by atoms with Gasteiger partial charge in [-0.1, -0.05) is 6.92 Å². The lowest BCUT2D eigenvalue weighted by atomic mass is 9.96. The van der Waals surface area contributed by atoms with Gasteiger partial charge in [0.15, 0.2) is 5.65 Å². The minimum Gasteiger partial charge on any atom is -0.506 e. The molecule has 5 nitrogen and oxygen atoms in total. The summed E-state index contributed by atoms with van der Waals surface area (Å²) in [4.78, 5) is 2.46. The Balaban J connectivity index is 1.88. The maximum atomic E-state index is 9.57. The lowest BCUT2D eigenvalue weighted by molar-refractivity contribution is 0.218. The van der Waals surface area contributed by atoms with Gasteiger partial charge in [-0.3, -0.25) is 4.40 Å². The highest BCUT2D eigenvalue weighted by Crippen LogP contribution is 2.27. The molecule has 0 aromatic carbocycles. The van der Waals surface area contributed by atoms with Crippen molar-refractivity contribution < 1.29 is 5.11 Å². The van der Waals surface area contributed by atoms with Gasteiger partial charge in [0.1, 0.15) is 11.6 Å². The Morgan fingerprint density at radius 1 is 1.28 bits per heavy atom. The average molecular weight is 246 g/mol. The van der Waals surface area contributed by atoms with Gasteiger partial charge in [-0.2, -0.15) is 0 Å². The van der Waals surface area contributed by atoms with Crippen molar-refractivity contribution in [2.24, 2.45) is 0 Å². The molecule has 1 saturated heterocycles. The zero-order chi connectivity index (χ0) is 12.5. The van der Waals surface area contributed by atoms with Crippen LogP contribution in [0.5, 0.6) is 5.75 Å². The van der Waals surface area contributed by atoms with Crippen LogP contribution in [0, 0.1) is 0 Å². The van der Waals surface area contributed by atoms with Crippen molar-refractivity contribution in [3.05, 3.63) is 24.2 Å². The summed E-state index contributed by atoms with van der Waals surface area (Å²) in [6.07, 6.45) is 3.94. The van der Waals surface area contributed by atoms with E-state index in [9.17, 15) is 5.11 Å². The fourth-order valence-corrected chi connectivity index (χ4v) is 2.68. The van der Waals surface area contributed by atoms with Crippen molar-refractivity contribution in [3.63, 3.8) is 0 Å². The fourth-order valence-electron chi connectivity index (χ4n) is 2.68. The summed E-state index contributed by atoms with van der Waals surface area (Å²) in [7, 11) is 0. The van der Waals surface area contributed by atoms with Crippen molar-refractivity contribution in [3.8, 4) is 5.75 Å². The predicted molar refractivity (Wildman–Crippen MR) is 68.7 cm³/mol. The molecule has 1 aliphatic heterocycles. The Kier molecular flexibility index (Phi) is 2.91. The molecule has 0 spiro atoms. The van der Waals surface area contributed by atoms with Gasteiger partial charge in [0.2, 0.25) is 0 Å². The van der Waals surface area contributed by atoms with Crippen LogP contribution >= 0.6 is 0 Å². The molecule has 0 aliphatic carbocycles. The van der Waals surface area contributed by atoms with E-state index in [1.165, 1.54) is 0 Å². The molecule has 0 atom stereocenters. The Morgan fingerprint density at radius 3 is 2.78 bits per heavy atom. The van der Waals surface area contributed by atoms with E-state index in [0.29, 0.717) is 5.92 Å². The molecule has 0 amide bonds. The Morgan fingerprint density at radius 2 is 2.06 bits per heavy atom. The first kappa shape index (κ1) is 11.5. The molecule has 0 bridgehead atoms. The van der Waals surface area contributed by atoms with Crippen molar-refractivity contribution in [1.29, 1.82) is 0 Å². The van der Waals surface area contributed by atoms with Crippen LogP contribution in [0.15, 0.2) is 18.3 Å². The minimum absolute atomic E-state index is 0.259. The van der Waals surface area contributed by atoms with E-state index in [1.807, 2.05) is 4.40 Å². The number of nitrogens with zero attached hydrogens (tertiary/aromatic N) is 4. The van der Waals surface area contributed by atoms with Crippen LogP contribution in [0.4, 0.5) is 0 Å². The quantitative estimate of drug-likeness (QED) is 0.875. The lowest BCUT2D eigenvalue weighted by Crippen LogP contribution is -2.33. The molecule has 3 heterocycles. The lowest BCUT2D eigenvalue weighted by Gasteiger charge is -2.30. The molecule has 0 radical (unpaired) electrons. The van der Waals surface area contributed by atoms with Gasteiger partial charge in [0.05, 0.1) is 6.20 Å². The number of likely N-dealkylation sites (tertiary alicyclic amines) is 1. The third kappa shape index (κ3) is 1.95. The summed E-state index contributed by atoms with van der Waals surface area (Å²) in [5, 5.41) is 18.0. The van der Waals surface area contributed by atoms with Crippen molar-refractivity contribution in [2.75, 3.05) is 19.6 Å². The summed E-state index contributed by atoms with van der Waals surface area (Å²) in [6.45, 7) is 5.56. The molecule has 1 fully saturated rings. The summed E-state index contributed by atoms with van der Waals surface area (Å²) < 4.78 is 1.92. The van der Waals surface area contributed by atoms with Crippen LogP contribution in [0.2, 0.25) is 0 Å². The number of aromatic hydroxyl groups is 1. The van der Waals surface area contributed by atoms with E-state index in [1.54, 1.807) is 18.3 Å². The second kappa shape index (κ2) is 4.57. The molecule has 1 aliphatic rings. The zero-order valence-electron chi connectivity index (χ0n) is 10.6. The minimum atomic E-state index is 0.259. The standard InChI is InChI=1S/C13H18N4O/c1-2-16-7-5-10(6-8-16)13-15-14-12-4-3-11(18)9-17(12)13/h3-4,9-10,18H,2,5-8H2,1H3. The first-order valence-corrected chi connectivity index (χ1v) is 6.54. The first-order chi connectivity index (χ1) is 8.78. The van der Waals surface area contributed by atoms with E-state index in [-0.39, 0.29) is 5.75 Å². The topological polar surface area (TPSA) is 53.7 Å². The van der Waals surface area contributed by atoms with Gasteiger partial charge in [-0.15, -0.1) is 10.2 Å². The normalized spacial score (nSPS) is 18.5. The van der Waals surface area contributed by atoms with E-state index in [4.69, 9.17) is 0 Å². The number of hydrogen-bond acceptors (Lipinski definition) is 4. The van der Waals surface area contributed by atoms with E-state index < -0.39 is 0 Å². The molecular formula is C13H18N4O. The highest BCUT2D eigenvalue weighted by molar-refractivity contribution is 5.41. The van der Waals surface area contributed by atoms with Gasteiger partial charge in [-0.05, 0) is 44.6 Å². The summed E-state index contributed by atoms with van der Waals surface area (Å²) in [5.74, 6) is 1.69. The number of hydrogen-bond donors (Lipinski definition) is 1. The van der Waals surface area contributed by atoms with Crippen LogP contribution in [-0.4, -0.2) is 44.2 Å². The zero-order valence-corrected chi connectivity index (χ0v) is 10.6. The largest absolute Gasteiger partial charge is 0.506 e. The number of fused-ring (bicyclic) bond motifs is 1. The highest BCUT2D eigenvalue weighted by Gasteiger charge is 2.23. The third-order valence-electron chi connectivity index (χ3n) is 3.81. The SMILES string of the molecule is CCN1CCC(c2nnc3ccc(O)cn23)CC1. The summed E-state index contributed by atoms with van der Waals surface area (Å²) in [6, 6.07) is 3.44. The number of aromatic nitrogens is 3. The highest BCUT2D eigenvalue weighted by atomic mass is 16.3. The second-order valence-electron chi connectivity index (χ2n) is 4.88. The van der Waals surface area contributed by atoms with Gasteiger partial charge >= 0.3 is 0 Å². The average Bonchev–Trinajstić information content (AvgIpc) is 2.82. The molecule has 5 heteroatoms. The van der Waals surface area contributed by atoms with Crippen molar-refractivity contribution in [1.82, 2.24) is 19.5 Å². The summed E-state index contributed by atoms with van der Waals surface area (Å²) >= 11 is 0. The number of rotatable bonds is 2. The maximum Gasteiger partial charge on any atom is 0.161 e. The van der Waals surface area contributed by atoms with Crippen LogP contribution < -0.4 is 0 Å². The van der Waals surface area contributed by atoms with Crippen LogP contribution in [-0.2, 0) is 0 Å². The first-order valence-electron chi connectivity index (χ1n) is 6.54. The van der Waals surface area contributed by atoms with E-state index in [2.05, 4.69) is 22.0 Å². The Labute approximate surface area is 106 Å². The van der Waals surface area contributed by atoms with Crippen LogP contribution in [0.3, 0.4) is 0 Å². The van der Waals surface area contributed by atoms with E-state index >= 15 is 0 Å². The van der Waals surface area contributed by atoms with Crippen molar-refractivity contribution >= 4 is 5.65 Å². The van der Waals surface area contributed by atoms with Gasteiger partial charge in [0.25, 0.3) is 0 Å². The molecule has 2 aromatic rings. The molecule has 0 saturated carbocycles. The molecule has 2 aromatic heterocycles. The third-order valence-corrected chi connectivity index (χ3v) is 3.81. The van der Waals surface area contributed by atoms with Crippen LogP contribution in [0.1, 0.15) is 31.5 Å². The molecular weight excluding hydrogens is 228 g/mol. The Hall–Kier alpha value is -1.62. The number of pyridine rings is 1.